The lowest BCUT2D eigenvalue weighted by Crippen LogP contribution is -2.30. The average Bonchev–Trinajstić information content (AvgIpc) is 2.42. The molecule has 1 unspecified atom stereocenters. The molecule has 1 aromatic rings. The van der Waals surface area contributed by atoms with Crippen LogP contribution in [-0.2, 0) is 16.0 Å². The predicted octanol–water partition coefficient (Wildman–Crippen LogP) is 2.92. The first-order valence-corrected chi connectivity index (χ1v) is 6.69. The molecule has 1 amide bonds. The minimum Gasteiger partial charge on any atom is -0.381 e. The first-order chi connectivity index (χ1) is 8.72. The highest BCUT2D eigenvalue weighted by Gasteiger charge is 2.22. The summed E-state index contributed by atoms with van der Waals surface area (Å²) in [7, 11) is 0. The van der Waals surface area contributed by atoms with Crippen LogP contribution in [0.15, 0.2) is 18.2 Å². The van der Waals surface area contributed by atoms with Crippen molar-refractivity contribution in [2.45, 2.75) is 33.1 Å². The number of para-hydroxylation sites is 1. The first-order valence-electron chi connectivity index (χ1n) is 6.69. The number of rotatable bonds is 3. The van der Waals surface area contributed by atoms with E-state index in [2.05, 4.69) is 18.3 Å². The van der Waals surface area contributed by atoms with Crippen molar-refractivity contribution in [2.24, 2.45) is 5.92 Å². The average molecular weight is 247 g/mol. The van der Waals surface area contributed by atoms with E-state index in [9.17, 15) is 4.79 Å². The van der Waals surface area contributed by atoms with Crippen molar-refractivity contribution in [3.63, 3.8) is 0 Å². The monoisotopic (exact) mass is 247 g/mol. The molecule has 1 aliphatic heterocycles. The second kappa shape index (κ2) is 6.01. The number of ether oxygens (including phenoxy) is 1. The Morgan fingerprint density at radius 2 is 2.33 bits per heavy atom. The van der Waals surface area contributed by atoms with Crippen LogP contribution in [0.2, 0.25) is 0 Å². The summed E-state index contributed by atoms with van der Waals surface area (Å²) < 4.78 is 5.37. The number of hydrogen-bond acceptors (Lipinski definition) is 2. The molecule has 2 rings (SSSR count). The predicted molar refractivity (Wildman–Crippen MR) is 72.7 cm³/mol. The summed E-state index contributed by atoms with van der Waals surface area (Å²) in [6.07, 6.45) is 2.84. The van der Waals surface area contributed by atoms with Crippen molar-refractivity contribution in [2.75, 3.05) is 18.5 Å². The van der Waals surface area contributed by atoms with Crippen LogP contribution < -0.4 is 5.32 Å². The minimum absolute atomic E-state index is 0.00284. The molecule has 98 valence electrons. The van der Waals surface area contributed by atoms with Crippen LogP contribution in [-0.4, -0.2) is 19.1 Å². The number of benzene rings is 1. The highest BCUT2D eigenvalue weighted by atomic mass is 16.5. The zero-order valence-corrected chi connectivity index (χ0v) is 11.2. The van der Waals surface area contributed by atoms with Crippen molar-refractivity contribution in [3.05, 3.63) is 29.3 Å². The Morgan fingerprint density at radius 3 is 3.00 bits per heavy atom. The highest BCUT2D eigenvalue weighted by Crippen LogP contribution is 2.23. The summed E-state index contributed by atoms with van der Waals surface area (Å²) in [5.74, 6) is 0.0989. The largest absolute Gasteiger partial charge is 0.381 e. The van der Waals surface area contributed by atoms with Crippen LogP contribution in [0.25, 0.3) is 0 Å². The smallest absolute Gasteiger partial charge is 0.229 e. The lowest BCUT2D eigenvalue weighted by atomic mass is 10.00. The molecular formula is C15H21NO2. The highest BCUT2D eigenvalue weighted by molar-refractivity contribution is 5.94. The van der Waals surface area contributed by atoms with E-state index in [1.807, 2.05) is 19.1 Å². The number of nitrogens with one attached hydrogen (secondary N) is 1. The number of carbonyl (C=O) groups excluding carboxylic acids is 1. The van der Waals surface area contributed by atoms with Crippen LogP contribution >= 0.6 is 0 Å². The van der Waals surface area contributed by atoms with Crippen molar-refractivity contribution in [3.8, 4) is 0 Å². The molecule has 1 N–H and O–H groups in total. The quantitative estimate of drug-likeness (QED) is 0.892. The Hall–Kier alpha value is -1.35. The normalized spacial score (nSPS) is 19.6. The molecule has 0 saturated carbocycles. The Balaban J connectivity index is 2.10. The lowest BCUT2D eigenvalue weighted by molar-refractivity contribution is -0.123. The minimum atomic E-state index is 0.00284. The lowest BCUT2D eigenvalue weighted by Gasteiger charge is -2.22. The van der Waals surface area contributed by atoms with Gasteiger partial charge in [-0.1, -0.05) is 25.1 Å². The fraction of sp³-hybridized carbons (Fsp3) is 0.533. The summed E-state index contributed by atoms with van der Waals surface area (Å²) in [6.45, 7) is 5.48. The first kappa shape index (κ1) is 13.1. The molecule has 1 saturated heterocycles. The third kappa shape index (κ3) is 2.91. The molecule has 1 heterocycles. The van der Waals surface area contributed by atoms with E-state index in [-0.39, 0.29) is 11.8 Å². The van der Waals surface area contributed by atoms with Crippen LogP contribution in [0.4, 0.5) is 5.69 Å². The van der Waals surface area contributed by atoms with Gasteiger partial charge in [-0.05, 0) is 37.3 Å². The molecule has 18 heavy (non-hydrogen) atoms. The molecule has 0 radical (unpaired) electrons. The molecule has 3 nitrogen and oxygen atoms in total. The maximum absolute atomic E-state index is 12.2. The standard InChI is InChI=1S/C15H21NO2/c1-3-12-7-4-6-11(2)14(12)16-15(17)13-8-5-9-18-10-13/h4,6-7,13H,3,5,8-10H2,1-2H3,(H,16,17). The van der Waals surface area contributed by atoms with Gasteiger partial charge in [0.05, 0.1) is 12.5 Å². The van der Waals surface area contributed by atoms with E-state index < -0.39 is 0 Å². The maximum Gasteiger partial charge on any atom is 0.229 e. The zero-order valence-electron chi connectivity index (χ0n) is 11.2. The van der Waals surface area contributed by atoms with Gasteiger partial charge in [-0.25, -0.2) is 0 Å². The van der Waals surface area contributed by atoms with Crippen LogP contribution in [0, 0.1) is 12.8 Å². The van der Waals surface area contributed by atoms with E-state index in [1.165, 1.54) is 5.56 Å². The maximum atomic E-state index is 12.2. The van der Waals surface area contributed by atoms with Gasteiger partial charge in [-0.3, -0.25) is 4.79 Å². The van der Waals surface area contributed by atoms with Gasteiger partial charge >= 0.3 is 0 Å². The Morgan fingerprint density at radius 1 is 1.50 bits per heavy atom. The Bertz CT molecular complexity index is 423. The van der Waals surface area contributed by atoms with E-state index >= 15 is 0 Å². The number of carbonyl (C=O) groups is 1. The van der Waals surface area contributed by atoms with Crippen LogP contribution in [0.5, 0.6) is 0 Å². The SMILES string of the molecule is CCc1cccc(C)c1NC(=O)C1CCCOC1. The summed E-state index contributed by atoms with van der Waals surface area (Å²) in [5.41, 5.74) is 3.30. The second-order valence-electron chi connectivity index (χ2n) is 4.87. The second-order valence-corrected chi connectivity index (χ2v) is 4.87. The van der Waals surface area contributed by atoms with E-state index in [4.69, 9.17) is 4.74 Å². The Kier molecular flexibility index (Phi) is 4.37. The van der Waals surface area contributed by atoms with E-state index in [1.54, 1.807) is 0 Å². The van der Waals surface area contributed by atoms with Crippen LogP contribution in [0.3, 0.4) is 0 Å². The van der Waals surface area contributed by atoms with Gasteiger partial charge in [0, 0.05) is 12.3 Å². The Labute approximate surface area is 109 Å². The van der Waals surface area contributed by atoms with Crippen LogP contribution in [0.1, 0.15) is 30.9 Å². The molecule has 1 aromatic carbocycles. The number of hydrogen-bond donors (Lipinski definition) is 1. The van der Waals surface area contributed by atoms with Gasteiger partial charge in [0.1, 0.15) is 0 Å². The van der Waals surface area contributed by atoms with Crippen molar-refractivity contribution >= 4 is 11.6 Å². The topological polar surface area (TPSA) is 38.3 Å². The van der Waals surface area contributed by atoms with Crippen molar-refractivity contribution in [1.29, 1.82) is 0 Å². The number of anilines is 1. The molecule has 0 spiro atoms. The summed E-state index contributed by atoms with van der Waals surface area (Å²) in [5, 5.41) is 3.08. The van der Waals surface area contributed by atoms with Crippen molar-refractivity contribution < 1.29 is 9.53 Å². The molecule has 1 atom stereocenters. The van der Waals surface area contributed by atoms with E-state index in [0.717, 1.165) is 37.1 Å². The fourth-order valence-corrected chi connectivity index (χ4v) is 2.37. The van der Waals surface area contributed by atoms with Gasteiger partial charge in [0.25, 0.3) is 0 Å². The van der Waals surface area contributed by atoms with Gasteiger partial charge in [-0.15, -0.1) is 0 Å². The fourth-order valence-electron chi connectivity index (χ4n) is 2.37. The number of aryl methyl sites for hydroxylation is 2. The van der Waals surface area contributed by atoms with Gasteiger partial charge in [0.2, 0.25) is 5.91 Å². The summed E-state index contributed by atoms with van der Waals surface area (Å²) in [6, 6.07) is 6.14. The van der Waals surface area contributed by atoms with Gasteiger partial charge in [0.15, 0.2) is 0 Å². The van der Waals surface area contributed by atoms with E-state index in [0.29, 0.717) is 6.61 Å². The molecular weight excluding hydrogens is 226 g/mol. The third-order valence-corrected chi connectivity index (χ3v) is 3.52. The molecule has 0 aliphatic carbocycles. The molecule has 1 fully saturated rings. The van der Waals surface area contributed by atoms with Crippen molar-refractivity contribution in [1.82, 2.24) is 0 Å². The number of amides is 1. The third-order valence-electron chi connectivity index (χ3n) is 3.52. The molecule has 1 aliphatic rings. The summed E-state index contributed by atoms with van der Waals surface area (Å²) in [4.78, 5) is 12.2. The molecule has 3 heteroatoms. The summed E-state index contributed by atoms with van der Waals surface area (Å²) >= 11 is 0. The molecule has 0 bridgehead atoms. The van der Waals surface area contributed by atoms with Gasteiger partial charge < -0.3 is 10.1 Å². The molecule has 0 aromatic heterocycles. The zero-order chi connectivity index (χ0) is 13.0. The van der Waals surface area contributed by atoms with Gasteiger partial charge in [-0.2, -0.15) is 0 Å².